The molecule has 0 fully saturated rings. The van der Waals surface area contributed by atoms with E-state index in [0.29, 0.717) is 24.3 Å². The predicted octanol–water partition coefficient (Wildman–Crippen LogP) is 1.16. The van der Waals surface area contributed by atoms with Gasteiger partial charge in [-0.3, -0.25) is 0 Å². The summed E-state index contributed by atoms with van der Waals surface area (Å²) in [6.45, 7) is 2.08. The Labute approximate surface area is 93.8 Å². The minimum atomic E-state index is -0.332. The van der Waals surface area contributed by atoms with Crippen LogP contribution in [0.2, 0.25) is 0 Å². The molecule has 0 saturated carbocycles. The Morgan fingerprint density at radius 1 is 1.62 bits per heavy atom. The normalized spacial score (nSPS) is 17.8. The molecule has 1 aromatic carbocycles. The Morgan fingerprint density at radius 2 is 2.44 bits per heavy atom. The minimum Gasteiger partial charge on any atom is -0.487 e. The van der Waals surface area contributed by atoms with E-state index in [1.165, 1.54) is 0 Å². The molecule has 1 atom stereocenters. The lowest BCUT2D eigenvalue weighted by molar-refractivity contribution is 0.0525. The molecule has 4 heteroatoms. The molecule has 1 aliphatic rings. The van der Waals surface area contributed by atoms with Crippen molar-refractivity contribution in [2.24, 2.45) is 0 Å². The van der Waals surface area contributed by atoms with E-state index in [4.69, 9.17) is 14.6 Å². The van der Waals surface area contributed by atoms with Gasteiger partial charge in [-0.2, -0.15) is 0 Å². The molecule has 0 radical (unpaired) electrons. The van der Waals surface area contributed by atoms with E-state index in [0.717, 1.165) is 5.56 Å². The van der Waals surface area contributed by atoms with Gasteiger partial charge in [0.2, 0.25) is 0 Å². The van der Waals surface area contributed by atoms with Gasteiger partial charge in [-0.25, -0.2) is 4.79 Å². The van der Waals surface area contributed by atoms with Crippen LogP contribution in [0.4, 0.5) is 0 Å². The molecule has 1 N–H and O–H groups in total. The monoisotopic (exact) mass is 222 g/mol. The zero-order valence-electron chi connectivity index (χ0n) is 9.10. The Balaban J connectivity index is 2.29. The van der Waals surface area contributed by atoms with Gasteiger partial charge in [0.05, 0.1) is 18.8 Å². The number of aliphatic hydroxyl groups is 1. The van der Waals surface area contributed by atoms with Gasteiger partial charge in [0.1, 0.15) is 11.9 Å². The zero-order valence-corrected chi connectivity index (χ0v) is 9.10. The number of hydrogen-bond acceptors (Lipinski definition) is 4. The van der Waals surface area contributed by atoms with Crippen LogP contribution in [-0.4, -0.2) is 30.4 Å². The first kappa shape index (κ1) is 11.0. The summed E-state index contributed by atoms with van der Waals surface area (Å²) in [7, 11) is 0. The van der Waals surface area contributed by atoms with Crippen molar-refractivity contribution in [3.05, 3.63) is 29.3 Å². The predicted molar refractivity (Wildman–Crippen MR) is 57.6 cm³/mol. The molecule has 0 amide bonds. The summed E-state index contributed by atoms with van der Waals surface area (Å²) in [4.78, 5) is 11.7. The molecule has 86 valence electrons. The summed E-state index contributed by atoms with van der Waals surface area (Å²) in [5, 5.41) is 9.03. The average Bonchev–Trinajstić information content (AvgIpc) is 2.71. The van der Waals surface area contributed by atoms with E-state index >= 15 is 0 Å². The van der Waals surface area contributed by atoms with Gasteiger partial charge in [-0.15, -0.1) is 0 Å². The SMILES string of the molecule is CCOC(=O)c1cccc2c1CC(CO)O2. The van der Waals surface area contributed by atoms with Crippen molar-refractivity contribution in [3.63, 3.8) is 0 Å². The van der Waals surface area contributed by atoms with Gasteiger partial charge < -0.3 is 14.6 Å². The maximum Gasteiger partial charge on any atom is 0.338 e. The lowest BCUT2D eigenvalue weighted by Gasteiger charge is -2.05. The second kappa shape index (κ2) is 4.53. The number of benzene rings is 1. The lowest BCUT2D eigenvalue weighted by atomic mass is 10.0. The lowest BCUT2D eigenvalue weighted by Crippen LogP contribution is -2.17. The Hall–Kier alpha value is -1.55. The first-order valence-corrected chi connectivity index (χ1v) is 5.32. The van der Waals surface area contributed by atoms with Crippen molar-refractivity contribution in [3.8, 4) is 5.75 Å². The topological polar surface area (TPSA) is 55.8 Å². The molecule has 16 heavy (non-hydrogen) atoms. The van der Waals surface area contributed by atoms with Gasteiger partial charge in [-0.05, 0) is 19.1 Å². The molecular weight excluding hydrogens is 208 g/mol. The summed E-state index contributed by atoms with van der Waals surface area (Å²) in [6, 6.07) is 5.28. The number of aliphatic hydroxyl groups excluding tert-OH is 1. The molecule has 0 aromatic heterocycles. The Kier molecular flexibility index (Phi) is 3.10. The van der Waals surface area contributed by atoms with Crippen molar-refractivity contribution in [2.75, 3.05) is 13.2 Å². The van der Waals surface area contributed by atoms with E-state index in [-0.39, 0.29) is 18.7 Å². The third-order valence-electron chi connectivity index (χ3n) is 2.56. The largest absolute Gasteiger partial charge is 0.487 e. The Morgan fingerprint density at radius 3 is 3.12 bits per heavy atom. The summed E-state index contributed by atoms with van der Waals surface area (Å²) in [6.07, 6.45) is 0.312. The molecule has 0 aliphatic carbocycles. The molecule has 0 spiro atoms. The standard InChI is InChI=1S/C12H14O4/c1-2-15-12(14)9-4-3-5-11-10(9)6-8(7-13)16-11/h3-5,8,13H,2,6-7H2,1H3. The van der Waals surface area contributed by atoms with Crippen LogP contribution in [0.3, 0.4) is 0 Å². The summed E-state index contributed by atoms with van der Waals surface area (Å²) >= 11 is 0. The second-order valence-electron chi connectivity index (χ2n) is 3.63. The van der Waals surface area contributed by atoms with E-state index in [2.05, 4.69) is 0 Å². The van der Waals surface area contributed by atoms with E-state index in [1.807, 2.05) is 0 Å². The first-order chi connectivity index (χ1) is 7.76. The van der Waals surface area contributed by atoms with Crippen LogP contribution in [-0.2, 0) is 11.2 Å². The van der Waals surface area contributed by atoms with E-state index < -0.39 is 0 Å². The third-order valence-corrected chi connectivity index (χ3v) is 2.56. The number of esters is 1. The summed E-state index contributed by atoms with van der Waals surface area (Å²) in [5.41, 5.74) is 1.37. The highest BCUT2D eigenvalue weighted by molar-refractivity contribution is 5.92. The van der Waals surface area contributed by atoms with Crippen molar-refractivity contribution in [1.82, 2.24) is 0 Å². The molecule has 2 rings (SSSR count). The molecule has 1 aromatic rings. The number of carbonyl (C=O) groups is 1. The van der Waals surface area contributed by atoms with Crippen LogP contribution >= 0.6 is 0 Å². The van der Waals surface area contributed by atoms with Gasteiger partial charge >= 0.3 is 5.97 Å². The third kappa shape index (κ3) is 1.88. The van der Waals surface area contributed by atoms with Crippen molar-refractivity contribution in [2.45, 2.75) is 19.4 Å². The average molecular weight is 222 g/mol. The molecule has 1 aliphatic heterocycles. The molecular formula is C12H14O4. The van der Waals surface area contributed by atoms with Crippen LogP contribution < -0.4 is 4.74 Å². The highest BCUT2D eigenvalue weighted by Crippen LogP contribution is 2.31. The van der Waals surface area contributed by atoms with Crippen LogP contribution in [0.1, 0.15) is 22.8 Å². The molecule has 0 saturated heterocycles. The molecule has 0 bridgehead atoms. The summed E-state index contributed by atoms with van der Waals surface area (Å²) in [5.74, 6) is 0.339. The van der Waals surface area contributed by atoms with Crippen LogP contribution in [0, 0.1) is 0 Å². The number of hydrogen-bond donors (Lipinski definition) is 1. The van der Waals surface area contributed by atoms with E-state index in [9.17, 15) is 4.79 Å². The Bertz CT molecular complexity index is 400. The minimum absolute atomic E-state index is 0.0447. The second-order valence-corrected chi connectivity index (χ2v) is 3.63. The van der Waals surface area contributed by atoms with Gasteiger partial charge in [0, 0.05) is 12.0 Å². The van der Waals surface area contributed by atoms with E-state index in [1.54, 1.807) is 25.1 Å². The van der Waals surface area contributed by atoms with Crippen LogP contribution in [0.15, 0.2) is 18.2 Å². The number of ether oxygens (including phenoxy) is 2. The number of carbonyl (C=O) groups excluding carboxylic acids is 1. The van der Waals surface area contributed by atoms with Crippen molar-refractivity contribution in [1.29, 1.82) is 0 Å². The fraction of sp³-hybridized carbons (Fsp3) is 0.417. The van der Waals surface area contributed by atoms with Crippen molar-refractivity contribution < 1.29 is 19.4 Å². The quantitative estimate of drug-likeness (QED) is 0.780. The smallest absolute Gasteiger partial charge is 0.338 e. The maximum atomic E-state index is 11.7. The molecule has 1 heterocycles. The highest BCUT2D eigenvalue weighted by atomic mass is 16.5. The fourth-order valence-corrected chi connectivity index (χ4v) is 1.84. The van der Waals surface area contributed by atoms with Crippen molar-refractivity contribution >= 4 is 5.97 Å². The molecule has 4 nitrogen and oxygen atoms in total. The van der Waals surface area contributed by atoms with Crippen LogP contribution in [0.25, 0.3) is 0 Å². The maximum absolute atomic E-state index is 11.7. The zero-order chi connectivity index (χ0) is 11.5. The number of fused-ring (bicyclic) bond motifs is 1. The number of rotatable bonds is 3. The van der Waals surface area contributed by atoms with Gasteiger partial charge in [-0.1, -0.05) is 6.07 Å². The first-order valence-electron chi connectivity index (χ1n) is 5.32. The fourth-order valence-electron chi connectivity index (χ4n) is 1.84. The van der Waals surface area contributed by atoms with Crippen LogP contribution in [0.5, 0.6) is 5.75 Å². The molecule has 1 unspecified atom stereocenters. The summed E-state index contributed by atoms with van der Waals surface area (Å²) < 4.78 is 10.4. The van der Waals surface area contributed by atoms with Gasteiger partial charge in [0.15, 0.2) is 0 Å². The highest BCUT2D eigenvalue weighted by Gasteiger charge is 2.27. The van der Waals surface area contributed by atoms with Gasteiger partial charge in [0.25, 0.3) is 0 Å².